The number of carbonyl (C=O) groups excluding carboxylic acids is 3. The average Bonchev–Trinajstić information content (AvgIpc) is 3.29. The van der Waals surface area contributed by atoms with Crippen LogP contribution in [-0.2, 0) is 14.4 Å². The van der Waals surface area contributed by atoms with Crippen molar-refractivity contribution in [1.29, 1.82) is 0 Å². The van der Waals surface area contributed by atoms with Crippen LogP contribution < -0.4 is 14.4 Å². The number of imide groups is 1. The zero-order valence-corrected chi connectivity index (χ0v) is 22.7. The van der Waals surface area contributed by atoms with Gasteiger partial charge < -0.3 is 9.47 Å². The third-order valence-electron chi connectivity index (χ3n) is 8.99. The Bertz CT molecular complexity index is 1990. The fourth-order valence-electron chi connectivity index (χ4n) is 7.12. The van der Waals surface area contributed by atoms with E-state index in [1.165, 1.54) is 4.90 Å². The smallest absolute Gasteiger partial charge is 0.319 e. The summed E-state index contributed by atoms with van der Waals surface area (Å²) in [5.41, 5.74) is 2.94. The number of fused-ring (bicyclic) bond motifs is 8. The third kappa shape index (κ3) is 3.41. The van der Waals surface area contributed by atoms with Gasteiger partial charge in [0.1, 0.15) is 11.5 Å². The number of nitrogens with zero attached hydrogens (tertiary/aromatic N) is 1. The van der Waals surface area contributed by atoms with E-state index < -0.39 is 29.6 Å². The average molecular weight is 552 g/mol. The standard InChI is InChI=1S/C36H25NO5/c1-41-23-16-13-22(14-17-23)26-19-27-30-25-11-5-3-8-21(25)15-18-29(30)42-36(40)32(27)33-31(26)34(38)37(35(33)39)28-12-6-9-20-7-2-4-10-24(20)28/h2-19,26,31-33H,1H3/t26-,31-,32-,33-/m0/s1. The van der Waals surface area contributed by atoms with Crippen LogP contribution in [-0.4, -0.2) is 24.9 Å². The normalized spacial score (nSPS) is 22.8. The minimum atomic E-state index is -0.914. The van der Waals surface area contributed by atoms with Crippen LogP contribution in [0.2, 0.25) is 0 Å². The molecule has 204 valence electrons. The van der Waals surface area contributed by atoms with E-state index in [0.717, 1.165) is 38.2 Å². The second-order valence-electron chi connectivity index (χ2n) is 11.0. The van der Waals surface area contributed by atoms with E-state index >= 15 is 0 Å². The highest BCUT2D eigenvalue weighted by molar-refractivity contribution is 6.27. The summed E-state index contributed by atoms with van der Waals surface area (Å²) in [5.74, 6) is -3.07. The minimum Gasteiger partial charge on any atom is -0.497 e. The van der Waals surface area contributed by atoms with Crippen LogP contribution >= 0.6 is 0 Å². The second-order valence-corrected chi connectivity index (χ2v) is 11.0. The Labute approximate surface area is 241 Å². The SMILES string of the molecule is COc1ccc([C@@H]2C=C3c4c(ccc5ccccc45)OC(=O)[C@@H]3[C@H]3C(=O)N(c4cccc5ccccc45)C(=O)[C@H]32)cc1. The third-order valence-corrected chi connectivity index (χ3v) is 8.99. The lowest BCUT2D eigenvalue weighted by molar-refractivity contribution is -0.142. The van der Waals surface area contributed by atoms with Gasteiger partial charge in [-0.2, -0.15) is 0 Å². The number of allylic oxidation sites excluding steroid dienone is 1. The summed E-state index contributed by atoms with van der Waals surface area (Å²) in [5, 5.41) is 3.67. The van der Waals surface area contributed by atoms with Crippen molar-refractivity contribution < 1.29 is 23.9 Å². The summed E-state index contributed by atoms with van der Waals surface area (Å²) in [6.45, 7) is 0. The Morgan fingerprint density at radius 1 is 0.690 bits per heavy atom. The van der Waals surface area contributed by atoms with Crippen LogP contribution in [0.25, 0.3) is 27.1 Å². The molecule has 3 aliphatic rings. The number of benzene rings is 5. The zero-order chi connectivity index (χ0) is 28.5. The highest BCUT2D eigenvalue weighted by atomic mass is 16.5. The van der Waals surface area contributed by atoms with Crippen LogP contribution in [0.15, 0.2) is 109 Å². The monoisotopic (exact) mass is 551 g/mol. The van der Waals surface area contributed by atoms with Gasteiger partial charge in [-0.25, -0.2) is 4.90 Å². The summed E-state index contributed by atoms with van der Waals surface area (Å²) in [7, 11) is 1.61. The molecule has 1 fully saturated rings. The number of amides is 2. The molecule has 2 amide bonds. The molecule has 1 aliphatic carbocycles. The van der Waals surface area contributed by atoms with Crippen LogP contribution in [0.4, 0.5) is 5.69 Å². The van der Waals surface area contributed by atoms with Gasteiger partial charge in [-0.05, 0) is 51.6 Å². The first-order valence-corrected chi connectivity index (χ1v) is 14.0. The maximum Gasteiger partial charge on any atom is 0.319 e. The van der Waals surface area contributed by atoms with Crippen molar-refractivity contribution in [2.24, 2.45) is 17.8 Å². The molecule has 0 saturated carbocycles. The number of hydrogen-bond donors (Lipinski definition) is 0. The molecule has 42 heavy (non-hydrogen) atoms. The molecule has 0 aromatic heterocycles. The van der Waals surface area contributed by atoms with Crippen LogP contribution in [0.3, 0.4) is 0 Å². The highest BCUT2D eigenvalue weighted by Crippen LogP contribution is 2.56. The van der Waals surface area contributed by atoms with Gasteiger partial charge in [-0.3, -0.25) is 14.4 Å². The van der Waals surface area contributed by atoms with Gasteiger partial charge in [0.25, 0.3) is 0 Å². The molecule has 5 aromatic carbocycles. The molecule has 8 rings (SSSR count). The number of hydrogen-bond acceptors (Lipinski definition) is 5. The van der Waals surface area contributed by atoms with Gasteiger partial charge in [-0.15, -0.1) is 0 Å². The summed E-state index contributed by atoms with van der Waals surface area (Å²) in [6.07, 6.45) is 2.02. The maximum atomic E-state index is 14.5. The van der Waals surface area contributed by atoms with Gasteiger partial charge >= 0.3 is 5.97 Å². The fraction of sp³-hybridized carbons (Fsp3) is 0.139. The van der Waals surface area contributed by atoms with Crippen molar-refractivity contribution >= 4 is 50.6 Å². The lowest BCUT2D eigenvalue weighted by Gasteiger charge is -2.38. The number of rotatable bonds is 3. The number of carbonyl (C=O) groups is 3. The van der Waals surface area contributed by atoms with Crippen molar-refractivity contribution in [3.63, 3.8) is 0 Å². The molecule has 2 aliphatic heterocycles. The molecule has 4 atom stereocenters. The van der Waals surface area contributed by atoms with Crippen LogP contribution in [0, 0.1) is 17.8 Å². The maximum absolute atomic E-state index is 14.5. The summed E-state index contributed by atoms with van der Waals surface area (Å²) in [4.78, 5) is 44.0. The molecular weight excluding hydrogens is 526 g/mol. The Balaban J connectivity index is 1.36. The molecular formula is C36H25NO5. The molecule has 0 unspecified atom stereocenters. The molecule has 2 heterocycles. The Morgan fingerprint density at radius 2 is 1.36 bits per heavy atom. The van der Waals surface area contributed by atoms with E-state index in [-0.39, 0.29) is 11.8 Å². The molecule has 0 spiro atoms. The van der Waals surface area contributed by atoms with E-state index in [1.54, 1.807) is 13.2 Å². The van der Waals surface area contributed by atoms with E-state index in [4.69, 9.17) is 9.47 Å². The summed E-state index contributed by atoms with van der Waals surface area (Å²) < 4.78 is 11.3. The van der Waals surface area contributed by atoms with Crippen molar-refractivity contribution in [3.05, 3.63) is 120 Å². The summed E-state index contributed by atoms with van der Waals surface area (Å²) >= 11 is 0. The lowest BCUT2D eigenvalue weighted by atomic mass is 9.64. The van der Waals surface area contributed by atoms with Crippen molar-refractivity contribution in [3.8, 4) is 11.5 Å². The van der Waals surface area contributed by atoms with Crippen LogP contribution in [0.5, 0.6) is 11.5 Å². The van der Waals surface area contributed by atoms with Gasteiger partial charge in [0.05, 0.1) is 30.6 Å². The molecule has 0 radical (unpaired) electrons. The molecule has 0 N–H and O–H groups in total. The van der Waals surface area contributed by atoms with Crippen molar-refractivity contribution in [2.75, 3.05) is 12.0 Å². The second kappa shape index (κ2) is 9.14. The fourth-order valence-corrected chi connectivity index (χ4v) is 7.12. The topological polar surface area (TPSA) is 72.9 Å². The number of methoxy groups -OCH3 is 1. The quantitative estimate of drug-likeness (QED) is 0.145. The number of anilines is 1. The molecule has 6 nitrogen and oxygen atoms in total. The van der Waals surface area contributed by atoms with Gasteiger partial charge in [0, 0.05) is 16.9 Å². The predicted molar refractivity (Wildman–Crippen MR) is 160 cm³/mol. The molecule has 0 bridgehead atoms. The largest absolute Gasteiger partial charge is 0.497 e. The van der Waals surface area contributed by atoms with Gasteiger partial charge in [0.2, 0.25) is 11.8 Å². The van der Waals surface area contributed by atoms with Gasteiger partial charge in [0.15, 0.2) is 0 Å². The number of esters is 1. The molecule has 6 heteroatoms. The first-order valence-electron chi connectivity index (χ1n) is 14.0. The molecule has 5 aromatic rings. The first-order chi connectivity index (χ1) is 20.5. The Kier molecular flexibility index (Phi) is 5.35. The van der Waals surface area contributed by atoms with Crippen LogP contribution in [0.1, 0.15) is 17.0 Å². The Morgan fingerprint density at radius 3 is 2.12 bits per heavy atom. The Hall–Kier alpha value is -5.23. The first kappa shape index (κ1) is 24.6. The van der Waals surface area contributed by atoms with E-state index in [2.05, 4.69) is 0 Å². The minimum absolute atomic E-state index is 0.311. The zero-order valence-electron chi connectivity index (χ0n) is 22.7. The highest BCUT2D eigenvalue weighted by Gasteiger charge is 2.60. The predicted octanol–water partition coefficient (Wildman–Crippen LogP) is 6.52. The van der Waals surface area contributed by atoms with E-state index in [9.17, 15) is 14.4 Å². The summed E-state index contributed by atoms with van der Waals surface area (Å²) in [6, 6.07) is 32.6. The molecule has 1 saturated heterocycles. The van der Waals surface area contributed by atoms with Crippen molar-refractivity contribution in [1.82, 2.24) is 0 Å². The number of ether oxygens (including phenoxy) is 2. The van der Waals surface area contributed by atoms with E-state index in [1.807, 2.05) is 103 Å². The lowest BCUT2D eigenvalue weighted by Crippen LogP contribution is -2.42. The van der Waals surface area contributed by atoms with Gasteiger partial charge in [-0.1, -0.05) is 84.9 Å². The van der Waals surface area contributed by atoms with Crippen molar-refractivity contribution in [2.45, 2.75) is 5.92 Å². The van der Waals surface area contributed by atoms with E-state index in [0.29, 0.717) is 17.2 Å².